The van der Waals surface area contributed by atoms with Gasteiger partial charge < -0.3 is 10.2 Å². The average Bonchev–Trinajstić information content (AvgIpc) is 2.53. The lowest BCUT2D eigenvalue weighted by molar-refractivity contribution is -0.126. The van der Waals surface area contributed by atoms with Crippen molar-refractivity contribution < 1.29 is 4.79 Å². The summed E-state index contributed by atoms with van der Waals surface area (Å²) in [7, 11) is 0. The summed E-state index contributed by atoms with van der Waals surface area (Å²) < 4.78 is 0. The average molecular weight is 304 g/mol. The van der Waals surface area contributed by atoms with E-state index in [1.54, 1.807) is 0 Å². The Morgan fingerprint density at radius 3 is 3.10 bits per heavy atom. The van der Waals surface area contributed by atoms with E-state index in [1.165, 1.54) is 11.3 Å². The highest BCUT2D eigenvalue weighted by molar-refractivity contribution is 7.99. The predicted octanol–water partition coefficient (Wildman–Crippen LogP) is 2.70. The largest absolute Gasteiger partial charge is 0.366 e. The topological polar surface area (TPSA) is 32.3 Å². The molecule has 0 aromatic heterocycles. The Morgan fingerprint density at radius 1 is 1.48 bits per heavy atom. The van der Waals surface area contributed by atoms with Gasteiger partial charge in [0.2, 0.25) is 5.91 Å². The van der Waals surface area contributed by atoms with Crippen molar-refractivity contribution in [3.05, 3.63) is 29.8 Å². The molecule has 21 heavy (non-hydrogen) atoms. The Bertz CT molecular complexity index is 519. The van der Waals surface area contributed by atoms with Gasteiger partial charge in [-0.3, -0.25) is 4.79 Å². The van der Waals surface area contributed by atoms with Crippen LogP contribution in [0.3, 0.4) is 0 Å². The molecule has 3 nitrogen and oxygen atoms in total. The summed E-state index contributed by atoms with van der Waals surface area (Å²) in [5.41, 5.74) is 2.67. The molecule has 4 heteroatoms. The third-order valence-electron chi connectivity index (χ3n) is 4.71. The smallest absolute Gasteiger partial charge is 0.225 e. The summed E-state index contributed by atoms with van der Waals surface area (Å²) in [6.45, 7) is 5.26. The summed E-state index contributed by atoms with van der Waals surface area (Å²) in [5, 5.41) is 3.19. The van der Waals surface area contributed by atoms with E-state index in [1.807, 2.05) is 11.8 Å². The van der Waals surface area contributed by atoms with Crippen LogP contribution in [0.2, 0.25) is 0 Å². The summed E-state index contributed by atoms with van der Waals surface area (Å²) in [6, 6.07) is 9.19. The number of anilines is 1. The molecular weight excluding hydrogens is 280 g/mol. The van der Waals surface area contributed by atoms with Crippen LogP contribution in [-0.4, -0.2) is 36.0 Å². The van der Waals surface area contributed by atoms with Gasteiger partial charge in [-0.25, -0.2) is 0 Å². The number of nitrogens with one attached hydrogen (secondary N) is 1. The van der Waals surface area contributed by atoms with E-state index < -0.39 is 0 Å². The summed E-state index contributed by atoms with van der Waals surface area (Å²) in [6.07, 6.45) is 1.86. The van der Waals surface area contributed by atoms with Crippen LogP contribution in [0.1, 0.15) is 25.8 Å². The number of carbonyl (C=O) groups is 1. The van der Waals surface area contributed by atoms with Crippen LogP contribution in [0.15, 0.2) is 24.3 Å². The molecule has 0 aliphatic carbocycles. The van der Waals surface area contributed by atoms with Gasteiger partial charge in [-0.15, -0.1) is 0 Å². The van der Waals surface area contributed by atoms with Gasteiger partial charge in [0.25, 0.3) is 0 Å². The number of hydrogen-bond donors (Lipinski definition) is 1. The van der Waals surface area contributed by atoms with Crippen molar-refractivity contribution in [1.82, 2.24) is 5.32 Å². The van der Waals surface area contributed by atoms with Crippen molar-refractivity contribution in [2.24, 2.45) is 5.92 Å². The number of nitrogens with zero attached hydrogens (tertiary/aromatic N) is 1. The zero-order chi connectivity index (χ0) is 14.8. The summed E-state index contributed by atoms with van der Waals surface area (Å²) in [5.74, 6) is 2.54. The number of carbonyl (C=O) groups excluding carboxylic acids is 1. The first-order valence-corrected chi connectivity index (χ1v) is 9.08. The number of thioether (sulfide) groups is 1. The molecule has 3 unspecified atom stereocenters. The van der Waals surface area contributed by atoms with E-state index in [0.29, 0.717) is 6.04 Å². The highest BCUT2D eigenvalue weighted by Gasteiger charge is 2.39. The van der Waals surface area contributed by atoms with Crippen molar-refractivity contribution in [2.75, 3.05) is 23.0 Å². The van der Waals surface area contributed by atoms with Crippen LogP contribution in [0.4, 0.5) is 5.69 Å². The molecule has 3 rings (SSSR count). The second-order valence-corrected chi connectivity index (χ2v) is 7.24. The molecular formula is C17H24N2OS. The fourth-order valence-electron chi connectivity index (χ4n) is 3.31. The molecule has 2 heterocycles. The Labute approximate surface area is 131 Å². The SMILES string of the molecule is CCC(C)NC(=O)C1Cc2ccccc2N2CCSCC12. The fraction of sp³-hybridized carbons (Fsp3) is 0.588. The number of hydrogen-bond acceptors (Lipinski definition) is 3. The molecule has 1 amide bonds. The first-order valence-electron chi connectivity index (χ1n) is 7.93. The maximum Gasteiger partial charge on any atom is 0.225 e. The minimum absolute atomic E-state index is 0.0849. The molecule has 2 aliphatic rings. The lowest BCUT2D eigenvalue weighted by Crippen LogP contribution is -2.55. The Morgan fingerprint density at radius 2 is 2.29 bits per heavy atom. The van der Waals surface area contributed by atoms with Crippen molar-refractivity contribution >= 4 is 23.4 Å². The first kappa shape index (κ1) is 14.8. The maximum atomic E-state index is 12.7. The zero-order valence-corrected chi connectivity index (χ0v) is 13.7. The van der Waals surface area contributed by atoms with E-state index in [2.05, 4.69) is 48.3 Å². The van der Waals surface area contributed by atoms with E-state index in [9.17, 15) is 4.79 Å². The molecule has 3 atom stereocenters. The van der Waals surface area contributed by atoms with Crippen LogP contribution in [0, 0.1) is 5.92 Å². The molecule has 0 radical (unpaired) electrons. The number of para-hydroxylation sites is 1. The normalized spacial score (nSPS) is 25.7. The van der Waals surface area contributed by atoms with E-state index >= 15 is 0 Å². The third kappa shape index (κ3) is 2.91. The number of benzene rings is 1. The van der Waals surface area contributed by atoms with Gasteiger partial charge >= 0.3 is 0 Å². The monoisotopic (exact) mass is 304 g/mol. The van der Waals surface area contributed by atoms with Crippen LogP contribution in [-0.2, 0) is 11.2 Å². The van der Waals surface area contributed by atoms with Crippen molar-refractivity contribution in [3.8, 4) is 0 Å². The van der Waals surface area contributed by atoms with Crippen LogP contribution >= 0.6 is 11.8 Å². The minimum atomic E-state index is 0.0849. The molecule has 1 saturated heterocycles. The number of amides is 1. The number of fused-ring (bicyclic) bond motifs is 3. The molecule has 1 N–H and O–H groups in total. The second-order valence-electron chi connectivity index (χ2n) is 6.09. The van der Waals surface area contributed by atoms with Gasteiger partial charge in [-0.1, -0.05) is 25.1 Å². The first-order chi connectivity index (χ1) is 10.2. The number of rotatable bonds is 3. The summed E-state index contributed by atoms with van der Waals surface area (Å²) >= 11 is 1.98. The van der Waals surface area contributed by atoms with Crippen LogP contribution < -0.4 is 10.2 Å². The maximum absolute atomic E-state index is 12.7. The summed E-state index contributed by atoms with van der Waals surface area (Å²) in [4.78, 5) is 15.2. The van der Waals surface area contributed by atoms with Gasteiger partial charge in [0.15, 0.2) is 0 Å². The van der Waals surface area contributed by atoms with Gasteiger partial charge in [-0.2, -0.15) is 11.8 Å². The zero-order valence-electron chi connectivity index (χ0n) is 12.8. The predicted molar refractivity (Wildman–Crippen MR) is 90.0 cm³/mol. The van der Waals surface area contributed by atoms with Gasteiger partial charge in [-0.05, 0) is 31.4 Å². The van der Waals surface area contributed by atoms with Crippen molar-refractivity contribution in [3.63, 3.8) is 0 Å². The molecule has 0 saturated carbocycles. The van der Waals surface area contributed by atoms with E-state index in [0.717, 1.165) is 30.9 Å². The van der Waals surface area contributed by atoms with E-state index in [4.69, 9.17) is 0 Å². The molecule has 1 aromatic rings. The Balaban J connectivity index is 1.86. The van der Waals surface area contributed by atoms with Crippen molar-refractivity contribution in [2.45, 2.75) is 38.8 Å². The Hall–Kier alpha value is -1.16. The standard InChI is InChI=1S/C17H24N2OS/c1-3-12(2)18-17(20)14-10-13-6-4-5-7-15(13)19-8-9-21-11-16(14)19/h4-7,12,14,16H,3,8-11H2,1-2H3,(H,18,20). The molecule has 2 aliphatic heterocycles. The van der Waals surface area contributed by atoms with E-state index in [-0.39, 0.29) is 17.9 Å². The molecule has 0 bridgehead atoms. The minimum Gasteiger partial charge on any atom is -0.366 e. The van der Waals surface area contributed by atoms with Gasteiger partial charge in [0, 0.05) is 35.8 Å². The lowest BCUT2D eigenvalue weighted by atomic mass is 9.85. The van der Waals surface area contributed by atoms with Crippen LogP contribution in [0.25, 0.3) is 0 Å². The van der Waals surface area contributed by atoms with Gasteiger partial charge in [0.05, 0.1) is 5.92 Å². The Kier molecular flexibility index (Phi) is 4.43. The fourth-order valence-corrected chi connectivity index (χ4v) is 4.46. The molecule has 0 spiro atoms. The van der Waals surface area contributed by atoms with Crippen LogP contribution in [0.5, 0.6) is 0 Å². The second kappa shape index (κ2) is 6.30. The molecule has 1 aromatic carbocycles. The lowest BCUT2D eigenvalue weighted by Gasteiger charge is -2.45. The van der Waals surface area contributed by atoms with Crippen molar-refractivity contribution in [1.29, 1.82) is 0 Å². The molecule has 1 fully saturated rings. The quantitative estimate of drug-likeness (QED) is 0.932. The van der Waals surface area contributed by atoms with Gasteiger partial charge in [0.1, 0.15) is 0 Å². The third-order valence-corrected chi connectivity index (χ3v) is 5.76. The molecule has 114 valence electrons. The highest BCUT2D eigenvalue weighted by Crippen LogP contribution is 2.37. The highest BCUT2D eigenvalue weighted by atomic mass is 32.2.